The highest BCUT2D eigenvalue weighted by molar-refractivity contribution is 5.86. The van der Waals surface area contributed by atoms with Crippen LogP contribution in [0.2, 0.25) is 0 Å². The molecule has 1 heterocycles. The number of carboxylic acid groups (broad SMARTS) is 1. The second-order valence-electron chi connectivity index (χ2n) is 4.40. The van der Waals surface area contributed by atoms with Gasteiger partial charge < -0.3 is 14.9 Å². The fraction of sp³-hybridized carbons (Fsp3) is 0.800. The molecule has 1 aliphatic heterocycles. The molecule has 0 radical (unpaired) electrons. The van der Waals surface area contributed by atoms with E-state index >= 15 is 0 Å². The van der Waals surface area contributed by atoms with Crippen LogP contribution in [0, 0.1) is 0 Å². The number of aliphatic carboxylic acids is 1. The minimum absolute atomic E-state index is 0.127. The predicted octanol–water partition coefficient (Wildman–Crippen LogP) is -1.22. The van der Waals surface area contributed by atoms with Gasteiger partial charge in [0, 0.05) is 26.7 Å². The van der Waals surface area contributed by atoms with E-state index < -0.39 is 12.0 Å². The zero-order valence-electron chi connectivity index (χ0n) is 10.0. The second kappa shape index (κ2) is 5.27. The Balaban J connectivity index is 2.56. The smallest absolute Gasteiger partial charge is 0.327 e. The van der Waals surface area contributed by atoms with Crippen molar-refractivity contribution in [3.8, 4) is 0 Å². The lowest BCUT2D eigenvalue weighted by Gasteiger charge is -2.37. The van der Waals surface area contributed by atoms with Gasteiger partial charge in [-0.1, -0.05) is 0 Å². The summed E-state index contributed by atoms with van der Waals surface area (Å²) in [5, 5.41) is 8.99. The first kappa shape index (κ1) is 12.9. The molecule has 0 aromatic carbocycles. The van der Waals surface area contributed by atoms with Crippen LogP contribution in [0.5, 0.6) is 0 Å². The van der Waals surface area contributed by atoms with Crippen LogP contribution in [0.25, 0.3) is 0 Å². The van der Waals surface area contributed by atoms with Crippen molar-refractivity contribution in [2.45, 2.75) is 6.04 Å². The summed E-state index contributed by atoms with van der Waals surface area (Å²) in [6, 6.07) is -0.719. The first-order valence-electron chi connectivity index (χ1n) is 5.27. The number of hydrogen-bond acceptors (Lipinski definition) is 4. The summed E-state index contributed by atoms with van der Waals surface area (Å²) in [5.41, 5.74) is 0. The minimum atomic E-state index is -0.939. The molecule has 16 heavy (non-hydrogen) atoms. The van der Waals surface area contributed by atoms with Crippen molar-refractivity contribution in [3.63, 3.8) is 0 Å². The van der Waals surface area contributed by atoms with Gasteiger partial charge in [-0.2, -0.15) is 0 Å². The summed E-state index contributed by atoms with van der Waals surface area (Å²) in [7, 11) is 5.45. The number of carbonyl (C=O) groups excluding carboxylic acids is 1. The van der Waals surface area contributed by atoms with Crippen molar-refractivity contribution < 1.29 is 14.7 Å². The quantitative estimate of drug-likeness (QED) is 0.654. The molecule has 0 saturated carbocycles. The summed E-state index contributed by atoms with van der Waals surface area (Å²) in [6.07, 6.45) is 0. The standard InChI is InChI=1S/C10H19N3O3/c1-11(2)4-5-13-6-8(10(15)16)12(3)9(14)7-13/h8H,4-7H2,1-3H3,(H,15,16). The molecule has 1 unspecified atom stereocenters. The van der Waals surface area contributed by atoms with E-state index in [1.54, 1.807) is 7.05 Å². The molecule has 92 valence electrons. The molecule has 0 spiro atoms. The SMILES string of the molecule is CN(C)CCN1CC(=O)N(C)C(C(=O)O)C1. The normalized spacial score (nSPS) is 22.9. The molecule has 1 rings (SSSR count). The number of carbonyl (C=O) groups is 2. The van der Waals surface area contributed by atoms with E-state index in [0.717, 1.165) is 13.1 Å². The van der Waals surface area contributed by atoms with Crippen LogP contribution in [-0.2, 0) is 9.59 Å². The molecule has 0 aromatic heterocycles. The van der Waals surface area contributed by atoms with Crippen LogP contribution >= 0.6 is 0 Å². The molecule has 0 aromatic rings. The average molecular weight is 229 g/mol. The Labute approximate surface area is 95.4 Å². The Morgan fingerprint density at radius 1 is 1.56 bits per heavy atom. The lowest BCUT2D eigenvalue weighted by molar-refractivity contribution is -0.154. The maximum Gasteiger partial charge on any atom is 0.327 e. The van der Waals surface area contributed by atoms with Gasteiger partial charge in [0.1, 0.15) is 6.04 Å². The molecule has 6 nitrogen and oxygen atoms in total. The molecular formula is C10H19N3O3. The molecule has 1 N–H and O–H groups in total. The summed E-state index contributed by atoms with van der Waals surface area (Å²) >= 11 is 0. The maximum absolute atomic E-state index is 11.6. The van der Waals surface area contributed by atoms with E-state index in [4.69, 9.17) is 5.11 Å². The molecular weight excluding hydrogens is 210 g/mol. The van der Waals surface area contributed by atoms with Crippen molar-refractivity contribution in [1.82, 2.24) is 14.7 Å². The predicted molar refractivity (Wildman–Crippen MR) is 59.2 cm³/mol. The van der Waals surface area contributed by atoms with Gasteiger partial charge in [0.15, 0.2) is 0 Å². The first-order valence-corrected chi connectivity index (χ1v) is 5.27. The van der Waals surface area contributed by atoms with Crippen molar-refractivity contribution in [2.24, 2.45) is 0 Å². The highest BCUT2D eigenvalue weighted by atomic mass is 16.4. The third kappa shape index (κ3) is 3.18. The summed E-state index contributed by atoms with van der Waals surface area (Å²) in [4.78, 5) is 27.8. The first-order chi connectivity index (χ1) is 7.41. The zero-order valence-corrected chi connectivity index (χ0v) is 10.0. The Bertz CT molecular complexity index is 280. The van der Waals surface area contributed by atoms with E-state index in [0.29, 0.717) is 13.1 Å². The lowest BCUT2D eigenvalue weighted by Crippen LogP contribution is -2.58. The topological polar surface area (TPSA) is 64.1 Å². The molecule has 0 bridgehead atoms. The third-order valence-corrected chi connectivity index (χ3v) is 2.80. The zero-order chi connectivity index (χ0) is 12.3. The van der Waals surface area contributed by atoms with Gasteiger partial charge in [0.25, 0.3) is 0 Å². The van der Waals surface area contributed by atoms with Gasteiger partial charge in [-0.25, -0.2) is 4.79 Å². The van der Waals surface area contributed by atoms with Crippen molar-refractivity contribution in [3.05, 3.63) is 0 Å². The van der Waals surface area contributed by atoms with Crippen molar-refractivity contribution >= 4 is 11.9 Å². The van der Waals surface area contributed by atoms with E-state index in [2.05, 4.69) is 0 Å². The van der Waals surface area contributed by atoms with Gasteiger partial charge in [0.05, 0.1) is 6.54 Å². The minimum Gasteiger partial charge on any atom is -0.480 e. The number of nitrogens with zero attached hydrogens (tertiary/aromatic N) is 3. The highest BCUT2D eigenvalue weighted by Crippen LogP contribution is 2.08. The van der Waals surface area contributed by atoms with Crippen molar-refractivity contribution in [2.75, 3.05) is 47.3 Å². The Kier molecular flexibility index (Phi) is 4.26. The number of carboxylic acids is 1. The van der Waals surface area contributed by atoms with Crippen LogP contribution in [0.3, 0.4) is 0 Å². The highest BCUT2D eigenvalue weighted by Gasteiger charge is 2.34. The number of rotatable bonds is 4. The summed E-state index contributed by atoms with van der Waals surface area (Å²) < 4.78 is 0. The second-order valence-corrected chi connectivity index (χ2v) is 4.40. The molecule has 6 heteroatoms. The van der Waals surface area contributed by atoms with Gasteiger partial charge >= 0.3 is 5.97 Å². The van der Waals surface area contributed by atoms with Gasteiger partial charge in [0.2, 0.25) is 5.91 Å². The van der Waals surface area contributed by atoms with Crippen LogP contribution in [0.1, 0.15) is 0 Å². The fourth-order valence-corrected chi connectivity index (χ4v) is 1.66. The van der Waals surface area contributed by atoms with Crippen LogP contribution in [0.4, 0.5) is 0 Å². The molecule has 1 atom stereocenters. The largest absolute Gasteiger partial charge is 0.480 e. The van der Waals surface area contributed by atoms with E-state index in [9.17, 15) is 9.59 Å². The van der Waals surface area contributed by atoms with Crippen LogP contribution in [-0.4, -0.2) is 85.0 Å². The third-order valence-electron chi connectivity index (χ3n) is 2.80. The Morgan fingerprint density at radius 3 is 2.69 bits per heavy atom. The number of hydrogen-bond donors (Lipinski definition) is 1. The Morgan fingerprint density at radius 2 is 2.19 bits per heavy atom. The Hall–Kier alpha value is -1.14. The van der Waals surface area contributed by atoms with Crippen LogP contribution < -0.4 is 0 Å². The molecule has 1 aliphatic rings. The number of amides is 1. The van der Waals surface area contributed by atoms with Gasteiger partial charge in [-0.15, -0.1) is 0 Å². The van der Waals surface area contributed by atoms with E-state index in [1.165, 1.54) is 4.90 Å². The molecule has 0 aliphatic carbocycles. The summed E-state index contributed by atoms with van der Waals surface area (Å²) in [6.45, 7) is 2.26. The van der Waals surface area contributed by atoms with Crippen molar-refractivity contribution in [1.29, 1.82) is 0 Å². The lowest BCUT2D eigenvalue weighted by atomic mass is 10.1. The average Bonchev–Trinajstić information content (AvgIpc) is 2.19. The molecule has 1 saturated heterocycles. The maximum atomic E-state index is 11.6. The fourth-order valence-electron chi connectivity index (χ4n) is 1.66. The van der Waals surface area contributed by atoms with Gasteiger partial charge in [-0.05, 0) is 14.1 Å². The van der Waals surface area contributed by atoms with Gasteiger partial charge in [-0.3, -0.25) is 9.69 Å². The van der Waals surface area contributed by atoms with E-state index in [1.807, 2.05) is 23.9 Å². The van der Waals surface area contributed by atoms with Crippen LogP contribution in [0.15, 0.2) is 0 Å². The summed E-state index contributed by atoms with van der Waals surface area (Å²) in [5.74, 6) is -1.07. The molecule has 1 amide bonds. The monoisotopic (exact) mass is 229 g/mol. The number of likely N-dealkylation sites (N-methyl/N-ethyl adjacent to an activating group) is 2. The molecule has 1 fully saturated rings. The number of piperazine rings is 1. The van der Waals surface area contributed by atoms with E-state index in [-0.39, 0.29) is 5.91 Å².